The minimum Gasteiger partial charge on any atom is -0.493 e. The Hall–Kier alpha value is -2.20. The summed E-state index contributed by atoms with van der Waals surface area (Å²) >= 11 is 0. The molecule has 10 heteroatoms. The van der Waals surface area contributed by atoms with Crippen LogP contribution in [-0.2, 0) is 14.8 Å². The van der Waals surface area contributed by atoms with Gasteiger partial charge in [-0.1, -0.05) is 6.07 Å². The lowest BCUT2D eigenvalue weighted by atomic mass is 10.1. The average Bonchev–Trinajstić information content (AvgIpc) is 2.60. The molecule has 0 aromatic heterocycles. The normalized spacial score (nSPS) is 18.6. The van der Waals surface area contributed by atoms with Crippen LogP contribution >= 0.6 is 0 Å². The molecule has 0 radical (unpaired) electrons. The topological polar surface area (TPSA) is 84.9 Å². The molecule has 1 N–H and O–H groups in total. The molecule has 0 bridgehead atoms. The molecule has 27 heavy (non-hydrogen) atoms. The minimum absolute atomic E-state index is 0.0998. The standard InChI is InChI=1S/C17H22F2N2O5S/c1-25-15-10-12(5-7-14(15)26-17(18)19)6-8-16(22)20-13-4-3-9-21(11-13)27(2,23)24/h5-8,10,13,17H,3-4,9,11H2,1-2H3,(H,20,22)/b8-6+. The number of nitrogens with one attached hydrogen (secondary N) is 1. The van der Waals surface area contributed by atoms with Crippen molar-refractivity contribution in [2.24, 2.45) is 0 Å². The summed E-state index contributed by atoms with van der Waals surface area (Å²) in [4.78, 5) is 12.1. The van der Waals surface area contributed by atoms with E-state index in [1.165, 1.54) is 41.8 Å². The first kappa shape index (κ1) is 21.1. The molecule has 2 rings (SSSR count). The largest absolute Gasteiger partial charge is 0.493 e. The molecule has 1 fully saturated rings. The minimum atomic E-state index is -3.29. The summed E-state index contributed by atoms with van der Waals surface area (Å²) in [6, 6.07) is 4.04. The number of hydrogen-bond acceptors (Lipinski definition) is 5. The van der Waals surface area contributed by atoms with E-state index in [-0.39, 0.29) is 30.0 Å². The molecule has 1 heterocycles. The van der Waals surface area contributed by atoms with Crippen LogP contribution in [0.3, 0.4) is 0 Å². The summed E-state index contributed by atoms with van der Waals surface area (Å²) in [6.45, 7) is -2.27. The highest BCUT2D eigenvalue weighted by Gasteiger charge is 2.26. The molecule has 1 aliphatic rings. The van der Waals surface area contributed by atoms with Gasteiger partial charge >= 0.3 is 6.61 Å². The number of hydrogen-bond donors (Lipinski definition) is 1. The second-order valence-electron chi connectivity index (χ2n) is 6.09. The number of halogens is 2. The number of piperidine rings is 1. The van der Waals surface area contributed by atoms with Crippen LogP contribution in [0.1, 0.15) is 18.4 Å². The third-order valence-corrected chi connectivity index (χ3v) is 5.30. The second-order valence-corrected chi connectivity index (χ2v) is 8.07. The molecule has 0 spiro atoms. The van der Waals surface area contributed by atoms with Crippen LogP contribution in [0.25, 0.3) is 6.08 Å². The molecule has 0 saturated carbocycles. The molecule has 1 saturated heterocycles. The molecule has 1 amide bonds. The number of carbonyl (C=O) groups excluding carboxylic acids is 1. The first-order valence-electron chi connectivity index (χ1n) is 8.25. The van der Waals surface area contributed by atoms with Gasteiger partial charge in [0, 0.05) is 25.2 Å². The van der Waals surface area contributed by atoms with Gasteiger partial charge in [0.25, 0.3) is 0 Å². The average molecular weight is 404 g/mol. The van der Waals surface area contributed by atoms with Gasteiger partial charge in [-0.15, -0.1) is 0 Å². The molecule has 1 unspecified atom stereocenters. The summed E-state index contributed by atoms with van der Waals surface area (Å²) in [5.41, 5.74) is 0.560. The molecule has 0 aliphatic carbocycles. The van der Waals surface area contributed by atoms with Gasteiger partial charge in [0.05, 0.1) is 13.4 Å². The zero-order valence-electron chi connectivity index (χ0n) is 15.0. The predicted octanol–water partition coefficient (Wildman–Crippen LogP) is 1.85. The number of methoxy groups -OCH3 is 1. The van der Waals surface area contributed by atoms with Crippen LogP contribution < -0.4 is 14.8 Å². The van der Waals surface area contributed by atoms with Gasteiger partial charge in [0.1, 0.15) is 0 Å². The lowest BCUT2D eigenvalue weighted by Crippen LogP contribution is -2.48. The third-order valence-electron chi connectivity index (χ3n) is 4.03. The van der Waals surface area contributed by atoms with E-state index in [0.717, 1.165) is 6.26 Å². The van der Waals surface area contributed by atoms with E-state index >= 15 is 0 Å². The van der Waals surface area contributed by atoms with Crippen molar-refractivity contribution in [2.45, 2.75) is 25.5 Å². The van der Waals surface area contributed by atoms with Gasteiger partial charge in [0.15, 0.2) is 11.5 Å². The molecular formula is C17H22F2N2O5S. The third kappa shape index (κ3) is 6.47. The van der Waals surface area contributed by atoms with Crippen molar-refractivity contribution in [2.75, 3.05) is 26.5 Å². The van der Waals surface area contributed by atoms with Crippen molar-refractivity contribution < 1.29 is 31.5 Å². The first-order valence-corrected chi connectivity index (χ1v) is 10.1. The van der Waals surface area contributed by atoms with Gasteiger partial charge in [0.2, 0.25) is 15.9 Å². The Balaban J connectivity index is 1.98. The Morgan fingerprint density at radius 2 is 2.11 bits per heavy atom. The van der Waals surface area contributed by atoms with Crippen molar-refractivity contribution in [3.63, 3.8) is 0 Å². The number of carbonyl (C=O) groups is 1. The van der Waals surface area contributed by atoms with Crippen molar-refractivity contribution in [3.05, 3.63) is 29.8 Å². The summed E-state index contributed by atoms with van der Waals surface area (Å²) in [7, 11) is -1.96. The Labute approximate surface area is 157 Å². The van der Waals surface area contributed by atoms with Gasteiger partial charge in [-0.3, -0.25) is 4.79 Å². The maximum absolute atomic E-state index is 12.3. The number of ether oxygens (including phenoxy) is 2. The molecule has 1 aromatic rings. The zero-order valence-corrected chi connectivity index (χ0v) is 15.8. The molecular weight excluding hydrogens is 382 g/mol. The number of benzene rings is 1. The quantitative estimate of drug-likeness (QED) is 0.701. The molecule has 7 nitrogen and oxygen atoms in total. The van der Waals surface area contributed by atoms with Crippen molar-refractivity contribution in [1.82, 2.24) is 9.62 Å². The van der Waals surface area contributed by atoms with E-state index in [1.54, 1.807) is 0 Å². The highest BCUT2D eigenvalue weighted by Crippen LogP contribution is 2.29. The monoisotopic (exact) mass is 404 g/mol. The maximum Gasteiger partial charge on any atom is 0.387 e. The summed E-state index contributed by atoms with van der Waals surface area (Å²) in [5, 5.41) is 2.77. The summed E-state index contributed by atoms with van der Waals surface area (Å²) < 4.78 is 58.6. The maximum atomic E-state index is 12.3. The van der Waals surface area contributed by atoms with Gasteiger partial charge in [-0.2, -0.15) is 8.78 Å². The highest BCUT2D eigenvalue weighted by atomic mass is 32.2. The van der Waals surface area contributed by atoms with Crippen LogP contribution in [0.15, 0.2) is 24.3 Å². The predicted molar refractivity (Wildman–Crippen MR) is 96.2 cm³/mol. The molecule has 1 atom stereocenters. The number of rotatable bonds is 7. The van der Waals surface area contributed by atoms with E-state index in [9.17, 15) is 22.0 Å². The number of nitrogens with zero attached hydrogens (tertiary/aromatic N) is 1. The Bertz CT molecular complexity index is 799. The van der Waals surface area contributed by atoms with E-state index in [4.69, 9.17) is 4.74 Å². The summed E-state index contributed by atoms with van der Waals surface area (Å²) in [6.07, 6.45) is 5.30. The lowest BCUT2D eigenvalue weighted by molar-refractivity contribution is -0.117. The van der Waals surface area contributed by atoms with Gasteiger partial charge in [-0.25, -0.2) is 12.7 Å². The van der Waals surface area contributed by atoms with Crippen LogP contribution in [0, 0.1) is 0 Å². The number of sulfonamides is 1. The van der Waals surface area contributed by atoms with E-state index in [2.05, 4.69) is 10.1 Å². The Morgan fingerprint density at radius 3 is 2.74 bits per heavy atom. The number of alkyl halides is 2. The van der Waals surface area contributed by atoms with Crippen molar-refractivity contribution in [1.29, 1.82) is 0 Å². The lowest BCUT2D eigenvalue weighted by Gasteiger charge is -2.31. The fourth-order valence-corrected chi connectivity index (χ4v) is 3.68. The van der Waals surface area contributed by atoms with Crippen molar-refractivity contribution in [3.8, 4) is 11.5 Å². The van der Waals surface area contributed by atoms with Gasteiger partial charge < -0.3 is 14.8 Å². The van der Waals surface area contributed by atoms with Crippen LogP contribution in [-0.4, -0.2) is 57.7 Å². The highest BCUT2D eigenvalue weighted by molar-refractivity contribution is 7.88. The molecule has 150 valence electrons. The SMILES string of the molecule is COc1cc(/C=C/C(=O)NC2CCCN(S(C)(=O)=O)C2)ccc1OC(F)F. The van der Waals surface area contributed by atoms with E-state index in [1.807, 2.05) is 0 Å². The van der Waals surface area contributed by atoms with E-state index in [0.29, 0.717) is 24.9 Å². The zero-order chi connectivity index (χ0) is 20.0. The second kappa shape index (κ2) is 9.14. The fourth-order valence-electron chi connectivity index (χ4n) is 2.76. The van der Waals surface area contributed by atoms with Gasteiger partial charge in [-0.05, 0) is 36.6 Å². The molecule has 1 aliphatic heterocycles. The Kier molecular flexibility index (Phi) is 7.14. The summed E-state index contributed by atoms with van der Waals surface area (Å²) in [5.74, 6) is -0.353. The molecule has 1 aromatic carbocycles. The smallest absolute Gasteiger partial charge is 0.387 e. The van der Waals surface area contributed by atoms with E-state index < -0.39 is 16.6 Å². The first-order chi connectivity index (χ1) is 12.7. The van der Waals surface area contributed by atoms with Crippen molar-refractivity contribution >= 4 is 22.0 Å². The fraction of sp³-hybridized carbons (Fsp3) is 0.471. The van der Waals surface area contributed by atoms with Crippen LogP contribution in [0.5, 0.6) is 11.5 Å². The van der Waals surface area contributed by atoms with Crippen LogP contribution in [0.4, 0.5) is 8.78 Å². The number of amides is 1. The Morgan fingerprint density at radius 1 is 1.37 bits per heavy atom. The van der Waals surface area contributed by atoms with Crippen LogP contribution in [0.2, 0.25) is 0 Å².